The Kier molecular flexibility index (Phi) is 5.79. The van der Waals surface area contributed by atoms with Crippen molar-refractivity contribution in [2.75, 3.05) is 12.4 Å². The quantitative estimate of drug-likeness (QED) is 0.440. The molecule has 2 atom stereocenters. The van der Waals surface area contributed by atoms with Crippen molar-refractivity contribution in [2.24, 2.45) is 11.7 Å². The average molecular weight is 458 g/mol. The molecule has 0 radical (unpaired) electrons. The van der Waals surface area contributed by atoms with Crippen molar-refractivity contribution in [3.63, 3.8) is 0 Å². The van der Waals surface area contributed by atoms with E-state index in [1.807, 2.05) is 24.3 Å². The maximum atomic E-state index is 13.5. The Hall–Kier alpha value is -4.07. The SMILES string of the molecule is COc1cc(-c2ccc(F)cc2)cc2c(NC3CCCC3C(N)=O)nc(-c3cccnc3)nc12. The number of ether oxygens (including phenoxy) is 1. The summed E-state index contributed by atoms with van der Waals surface area (Å²) in [6.07, 6.45) is 5.86. The van der Waals surface area contributed by atoms with Crippen molar-refractivity contribution in [1.29, 1.82) is 0 Å². The van der Waals surface area contributed by atoms with Gasteiger partial charge < -0.3 is 15.8 Å². The van der Waals surface area contributed by atoms with Gasteiger partial charge in [-0.05, 0) is 60.4 Å². The summed E-state index contributed by atoms with van der Waals surface area (Å²) in [5, 5.41) is 4.21. The maximum absolute atomic E-state index is 13.5. The first-order valence-corrected chi connectivity index (χ1v) is 11.2. The summed E-state index contributed by atoms with van der Waals surface area (Å²) < 4.78 is 19.2. The summed E-state index contributed by atoms with van der Waals surface area (Å²) in [6, 6.07) is 13.7. The van der Waals surface area contributed by atoms with Gasteiger partial charge in [-0.15, -0.1) is 0 Å². The van der Waals surface area contributed by atoms with Crippen molar-refractivity contribution < 1.29 is 13.9 Å². The van der Waals surface area contributed by atoms with Crippen molar-refractivity contribution in [3.8, 4) is 28.3 Å². The first kappa shape index (κ1) is 21.8. The Bertz CT molecular complexity index is 1350. The van der Waals surface area contributed by atoms with Gasteiger partial charge in [0, 0.05) is 29.4 Å². The number of carbonyl (C=O) groups excluding carboxylic acids is 1. The van der Waals surface area contributed by atoms with Gasteiger partial charge in [0.15, 0.2) is 5.82 Å². The summed E-state index contributed by atoms with van der Waals surface area (Å²) >= 11 is 0. The van der Waals surface area contributed by atoms with Crippen molar-refractivity contribution in [1.82, 2.24) is 15.0 Å². The highest BCUT2D eigenvalue weighted by Gasteiger charge is 2.32. The molecule has 0 spiro atoms. The Balaban J connectivity index is 1.70. The number of nitrogens with two attached hydrogens (primary N) is 1. The van der Waals surface area contributed by atoms with Gasteiger partial charge in [0.05, 0.1) is 13.0 Å². The number of anilines is 1. The molecule has 1 saturated carbocycles. The summed E-state index contributed by atoms with van der Waals surface area (Å²) in [5.74, 6) is 0.751. The van der Waals surface area contributed by atoms with Crippen LogP contribution in [0, 0.1) is 11.7 Å². The third kappa shape index (κ3) is 4.14. The highest BCUT2D eigenvalue weighted by molar-refractivity contribution is 5.98. The summed E-state index contributed by atoms with van der Waals surface area (Å²) in [6.45, 7) is 0. The number of rotatable bonds is 6. The number of carbonyl (C=O) groups is 1. The molecule has 1 aliphatic rings. The van der Waals surface area contributed by atoms with Gasteiger partial charge in [-0.1, -0.05) is 18.6 Å². The molecule has 2 aromatic carbocycles. The topological polar surface area (TPSA) is 103 Å². The number of fused-ring (bicyclic) bond motifs is 1. The molecule has 0 bridgehead atoms. The maximum Gasteiger partial charge on any atom is 0.222 e. The number of hydrogen-bond donors (Lipinski definition) is 2. The van der Waals surface area contributed by atoms with Crippen molar-refractivity contribution in [2.45, 2.75) is 25.3 Å². The summed E-state index contributed by atoms with van der Waals surface area (Å²) in [7, 11) is 1.59. The van der Waals surface area contributed by atoms with Gasteiger partial charge in [-0.25, -0.2) is 14.4 Å². The van der Waals surface area contributed by atoms with Crippen LogP contribution in [0.15, 0.2) is 60.9 Å². The van der Waals surface area contributed by atoms with Crippen molar-refractivity contribution in [3.05, 3.63) is 66.7 Å². The second kappa shape index (κ2) is 9.05. The molecule has 1 fully saturated rings. The van der Waals surface area contributed by atoms with Crippen LogP contribution in [0.5, 0.6) is 5.75 Å². The van der Waals surface area contributed by atoms with E-state index >= 15 is 0 Å². The lowest BCUT2D eigenvalue weighted by molar-refractivity contribution is -0.121. The van der Waals surface area contributed by atoms with Crippen LogP contribution in [0.25, 0.3) is 33.4 Å². The molecule has 2 heterocycles. The predicted molar refractivity (Wildman–Crippen MR) is 129 cm³/mol. The van der Waals surface area contributed by atoms with Crippen LogP contribution in [0.1, 0.15) is 19.3 Å². The minimum atomic E-state index is -0.314. The molecule has 34 heavy (non-hydrogen) atoms. The van der Waals surface area contributed by atoms with E-state index in [4.69, 9.17) is 20.4 Å². The van der Waals surface area contributed by atoms with Crippen molar-refractivity contribution >= 4 is 22.6 Å². The molecule has 3 N–H and O–H groups in total. The van der Waals surface area contributed by atoms with Crippen LogP contribution < -0.4 is 15.8 Å². The zero-order valence-electron chi connectivity index (χ0n) is 18.7. The first-order valence-electron chi connectivity index (χ1n) is 11.2. The van der Waals surface area contributed by atoms with E-state index in [2.05, 4.69) is 10.3 Å². The monoisotopic (exact) mass is 457 g/mol. The number of benzene rings is 2. The zero-order chi connectivity index (χ0) is 23.7. The first-order chi connectivity index (χ1) is 16.5. The highest BCUT2D eigenvalue weighted by Crippen LogP contribution is 2.37. The van der Waals surface area contributed by atoms with Crippen LogP contribution in [-0.2, 0) is 4.79 Å². The Morgan fingerprint density at radius 2 is 1.91 bits per heavy atom. The molecule has 1 amide bonds. The summed E-state index contributed by atoms with van der Waals surface area (Å²) in [5.41, 5.74) is 8.71. The fourth-order valence-electron chi connectivity index (χ4n) is 4.55. The number of primary amides is 1. The molecule has 2 unspecified atom stereocenters. The lowest BCUT2D eigenvalue weighted by Crippen LogP contribution is -2.34. The number of hydrogen-bond acceptors (Lipinski definition) is 6. The smallest absolute Gasteiger partial charge is 0.222 e. The molecular weight excluding hydrogens is 433 g/mol. The van der Waals surface area contributed by atoms with E-state index in [0.29, 0.717) is 22.9 Å². The van der Waals surface area contributed by atoms with Crippen LogP contribution in [0.2, 0.25) is 0 Å². The van der Waals surface area contributed by atoms with E-state index in [0.717, 1.165) is 41.3 Å². The lowest BCUT2D eigenvalue weighted by atomic mass is 10.0. The minimum absolute atomic E-state index is 0.127. The molecular formula is C26H24FN5O2. The van der Waals surface area contributed by atoms with Gasteiger partial charge in [-0.3, -0.25) is 9.78 Å². The number of halogens is 1. The molecule has 1 aliphatic carbocycles. The van der Waals surface area contributed by atoms with Crippen LogP contribution in [0.4, 0.5) is 10.2 Å². The van der Waals surface area contributed by atoms with E-state index in [1.54, 1.807) is 31.6 Å². The Labute approximate surface area is 196 Å². The second-order valence-corrected chi connectivity index (χ2v) is 8.41. The molecule has 7 nitrogen and oxygen atoms in total. The molecule has 2 aromatic heterocycles. The third-order valence-corrected chi connectivity index (χ3v) is 6.29. The predicted octanol–water partition coefficient (Wildman–Crippen LogP) is 4.57. The number of methoxy groups -OCH3 is 1. The minimum Gasteiger partial charge on any atom is -0.494 e. The Morgan fingerprint density at radius 3 is 2.62 bits per heavy atom. The number of nitrogens with one attached hydrogen (secondary N) is 1. The standard InChI is InChI=1S/C26H24FN5O2/c1-34-22-13-17(15-7-9-18(27)10-8-15)12-20-23(22)31-25(16-4-3-11-29-14-16)32-26(20)30-21-6-2-5-19(21)24(28)33/h3-4,7-14,19,21H,2,5-6H2,1H3,(H2,28,33)(H,30,31,32). The van der Waals surface area contributed by atoms with E-state index in [1.165, 1.54) is 12.1 Å². The fraction of sp³-hybridized carbons (Fsp3) is 0.231. The number of pyridine rings is 1. The van der Waals surface area contributed by atoms with Gasteiger partial charge in [0.1, 0.15) is 22.9 Å². The van der Waals surface area contributed by atoms with Gasteiger partial charge >= 0.3 is 0 Å². The second-order valence-electron chi connectivity index (χ2n) is 8.41. The Morgan fingerprint density at radius 1 is 1.09 bits per heavy atom. The normalized spacial score (nSPS) is 17.6. The molecule has 5 rings (SSSR count). The van der Waals surface area contributed by atoms with Gasteiger partial charge in [0.25, 0.3) is 0 Å². The lowest BCUT2D eigenvalue weighted by Gasteiger charge is -2.21. The summed E-state index contributed by atoms with van der Waals surface area (Å²) in [4.78, 5) is 25.8. The number of amides is 1. The van der Waals surface area contributed by atoms with Crippen LogP contribution in [-0.4, -0.2) is 34.0 Å². The zero-order valence-corrected chi connectivity index (χ0v) is 18.7. The highest BCUT2D eigenvalue weighted by atomic mass is 19.1. The molecule has 0 saturated heterocycles. The largest absolute Gasteiger partial charge is 0.494 e. The van der Waals surface area contributed by atoms with Crippen LogP contribution >= 0.6 is 0 Å². The number of nitrogens with zero attached hydrogens (tertiary/aromatic N) is 3. The van der Waals surface area contributed by atoms with Gasteiger partial charge in [0.2, 0.25) is 5.91 Å². The van der Waals surface area contributed by atoms with Crippen LogP contribution in [0.3, 0.4) is 0 Å². The molecule has 0 aliphatic heterocycles. The number of aromatic nitrogens is 3. The van der Waals surface area contributed by atoms with E-state index < -0.39 is 0 Å². The molecule has 8 heteroatoms. The van der Waals surface area contributed by atoms with Gasteiger partial charge in [-0.2, -0.15) is 0 Å². The molecule has 172 valence electrons. The fourth-order valence-corrected chi connectivity index (χ4v) is 4.55. The molecule has 4 aromatic rings. The average Bonchev–Trinajstić information content (AvgIpc) is 3.33. The van der Waals surface area contributed by atoms with E-state index in [-0.39, 0.29) is 23.7 Å². The third-order valence-electron chi connectivity index (χ3n) is 6.29. The van der Waals surface area contributed by atoms with E-state index in [9.17, 15) is 9.18 Å².